The monoisotopic (exact) mass is 370 g/mol. The summed E-state index contributed by atoms with van der Waals surface area (Å²) in [6.07, 6.45) is 3.97. The quantitative estimate of drug-likeness (QED) is 0.505. The molecule has 1 aromatic carbocycles. The van der Waals surface area contributed by atoms with E-state index in [9.17, 15) is 9.59 Å². The highest BCUT2D eigenvalue weighted by Crippen LogP contribution is 2.12. The highest BCUT2D eigenvalue weighted by Gasteiger charge is 2.16. The minimum absolute atomic E-state index is 0.100. The Morgan fingerprint density at radius 1 is 1.48 bits per heavy atom. The molecule has 1 aliphatic rings. The van der Waals surface area contributed by atoms with Crippen LogP contribution in [0.15, 0.2) is 34.1 Å². The van der Waals surface area contributed by atoms with Gasteiger partial charge in [-0.3, -0.25) is 14.6 Å². The number of methoxy groups -OCH3 is 1. The maximum Gasteiger partial charge on any atom is 0.323 e. The number of carbonyl (C=O) groups excluding carboxylic acids is 1. The standard InChI is InChI=1S/C18H22N6O3/c1-27-17(26)13(19)10-15-23-14-5-4-11(9-12(14)16(25)24-15)3-2-6-20-18-21-7-8-22-18/h2-5,9,13H,6-8,10,19H2,1H3,(H2,20,21,22)(H,23,24,25)/t13-/m0/s1. The normalized spacial score (nSPS) is 14.8. The summed E-state index contributed by atoms with van der Waals surface area (Å²) < 4.78 is 4.59. The fourth-order valence-electron chi connectivity index (χ4n) is 2.72. The number of fused-ring (bicyclic) bond motifs is 1. The van der Waals surface area contributed by atoms with Crippen LogP contribution in [0.2, 0.25) is 0 Å². The lowest BCUT2D eigenvalue weighted by Gasteiger charge is -2.09. The van der Waals surface area contributed by atoms with Crippen molar-refractivity contribution < 1.29 is 9.53 Å². The summed E-state index contributed by atoms with van der Waals surface area (Å²) in [5.74, 6) is 0.602. The Kier molecular flexibility index (Phi) is 5.82. The van der Waals surface area contributed by atoms with Crippen LogP contribution in [0.3, 0.4) is 0 Å². The fraction of sp³-hybridized carbons (Fsp3) is 0.333. The molecule has 1 aliphatic heterocycles. The highest BCUT2D eigenvalue weighted by atomic mass is 16.5. The number of ether oxygens (including phenoxy) is 1. The van der Waals surface area contributed by atoms with Crippen LogP contribution < -0.4 is 21.9 Å². The number of hydrogen-bond acceptors (Lipinski definition) is 8. The van der Waals surface area contributed by atoms with Crippen LogP contribution in [0.25, 0.3) is 17.0 Å². The molecule has 2 heterocycles. The molecule has 0 spiro atoms. The number of rotatable bonds is 6. The van der Waals surface area contributed by atoms with Crippen LogP contribution in [-0.2, 0) is 16.0 Å². The molecule has 0 bridgehead atoms. The van der Waals surface area contributed by atoms with Crippen LogP contribution in [0, 0.1) is 0 Å². The van der Waals surface area contributed by atoms with Crippen molar-refractivity contribution in [1.29, 1.82) is 0 Å². The van der Waals surface area contributed by atoms with E-state index >= 15 is 0 Å². The van der Waals surface area contributed by atoms with Crippen LogP contribution in [0.4, 0.5) is 0 Å². The van der Waals surface area contributed by atoms with E-state index in [1.165, 1.54) is 7.11 Å². The van der Waals surface area contributed by atoms with Gasteiger partial charge >= 0.3 is 5.97 Å². The number of aliphatic imine (C=N–C) groups is 1. The number of hydrogen-bond donors (Lipinski definition) is 4. The molecule has 2 aromatic rings. The van der Waals surface area contributed by atoms with Crippen molar-refractivity contribution in [1.82, 2.24) is 20.6 Å². The Morgan fingerprint density at radius 2 is 2.33 bits per heavy atom. The molecule has 0 fully saturated rings. The number of aromatic nitrogens is 2. The molecule has 5 N–H and O–H groups in total. The van der Waals surface area contributed by atoms with Gasteiger partial charge in [0, 0.05) is 19.5 Å². The van der Waals surface area contributed by atoms with Gasteiger partial charge in [0.15, 0.2) is 5.96 Å². The lowest BCUT2D eigenvalue weighted by Crippen LogP contribution is -2.34. The number of benzene rings is 1. The van der Waals surface area contributed by atoms with Crippen LogP contribution in [-0.4, -0.2) is 54.7 Å². The van der Waals surface area contributed by atoms with E-state index in [1.807, 2.05) is 18.2 Å². The van der Waals surface area contributed by atoms with Gasteiger partial charge in [0.2, 0.25) is 0 Å². The summed E-state index contributed by atoms with van der Waals surface area (Å²) >= 11 is 0. The van der Waals surface area contributed by atoms with Gasteiger partial charge in [-0.2, -0.15) is 0 Å². The molecule has 9 heteroatoms. The van der Waals surface area contributed by atoms with Crippen LogP contribution >= 0.6 is 0 Å². The third-order valence-electron chi connectivity index (χ3n) is 4.07. The van der Waals surface area contributed by atoms with Gasteiger partial charge in [-0.05, 0) is 17.7 Å². The number of guanidine groups is 1. The molecule has 9 nitrogen and oxygen atoms in total. The molecule has 0 aliphatic carbocycles. The Labute approximate surface area is 155 Å². The van der Waals surface area contributed by atoms with E-state index in [-0.39, 0.29) is 12.0 Å². The molecular formula is C18H22N6O3. The predicted octanol–water partition coefficient (Wildman–Crippen LogP) is -0.472. The third-order valence-corrected chi connectivity index (χ3v) is 4.07. The Balaban J connectivity index is 1.71. The number of nitrogens with one attached hydrogen (secondary N) is 3. The zero-order valence-corrected chi connectivity index (χ0v) is 15.0. The second kappa shape index (κ2) is 8.45. The molecule has 0 unspecified atom stereocenters. The Morgan fingerprint density at radius 3 is 3.07 bits per heavy atom. The molecular weight excluding hydrogens is 348 g/mol. The first-order valence-electron chi connectivity index (χ1n) is 8.62. The summed E-state index contributed by atoms with van der Waals surface area (Å²) in [6.45, 7) is 2.28. The van der Waals surface area contributed by atoms with Crippen LogP contribution in [0.1, 0.15) is 11.4 Å². The van der Waals surface area contributed by atoms with Crippen molar-refractivity contribution in [2.24, 2.45) is 10.7 Å². The lowest BCUT2D eigenvalue weighted by molar-refractivity contribution is -0.142. The largest absolute Gasteiger partial charge is 0.468 e. The summed E-state index contributed by atoms with van der Waals surface area (Å²) in [6, 6.07) is 4.55. The van der Waals surface area contributed by atoms with Crippen molar-refractivity contribution in [2.45, 2.75) is 12.5 Å². The zero-order valence-electron chi connectivity index (χ0n) is 15.0. The molecule has 142 valence electrons. The first-order valence-corrected chi connectivity index (χ1v) is 8.62. The van der Waals surface area contributed by atoms with Gasteiger partial charge in [-0.15, -0.1) is 0 Å². The average molecular weight is 370 g/mol. The summed E-state index contributed by atoms with van der Waals surface area (Å²) in [5, 5.41) is 6.77. The minimum atomic E-state index is -0.871. The SMILES string of the molecule is COC(=O)[C@@H](N)Cc1nc2ccc(C=CCNC3=NCCN3)cc2c(=O)[nH]1. The molecule has 0 saturated heterocycles. The summed E-state index contributed by atoms with van der Waals surface area (Å²) in [7, 11) is 1.26. The van der Waals surface area contributed by atoms with Crippen molar-refractivity contribution in [2.75, 3.05) is 26.7 Å². The lowest BCUT2D eigenvalue weighted by atomic mass is 10.1. The second-order valence-corrected chi connectivity index (χ2v) is 6.06. The molecule has 3 rings (SSSR count). The first kappa shape index (κ1) is 18.6. The molecule has 0 saturated carbocycles. The van der Waals surface area contributed by atoms with E-state index in [0.717, 1.165) is 24.6 Å². The van der Waals surface area contributed by atoms with E-state index in [0.29, 0.717) is 23.3 Å². The molecule has 1 aromatic heterocycles. The smallest absolute Gasteiger partial charge is 0.323 e. The summed E-state index contributed by atoms with van der Waals surface area (Å²) in [5.41, 5.74) is 6.89. The molecule has 1 atom stereocenters. The van der Waals surface area contributed by atoms with E-state index in [4.69, 9.17) is 5.73 Å². The number of nitrogens with two attached hydrogens (primary N) is 1. The number of nitrogens with zero attached hydrogens (tertiary/aromatic N) is 2. The number of aromatic amines is 1. The van der Waals surface area contributed by atoms with Gasteiger partial charge in [-0.1, -0.05) is 18.2 Å². The van der Waals surface area contributed by atoms with Crippen LogP contribution in [0.5, 0.6) is 0 Å². The predicted molar refractivity (Wildman–Crippen MR) is 103 cm³/mol. The number of carbonyl (C=O) groups is 1. The highest BCUT2D eigenvalue weighted by molar-refractivity contribution is 5.82. The first-order chi connectivity index (χ1) is 13.1. The minimum Gasteiger partial charge on any atom is -0.468 e. The van der Waals surface area contributed by atoms with Gasteiger partial charge in [0.1, 0.15) is 11.9 Å². The molecule has 0 radical (unpaired) electrons. The maximum atomic E-state index is 12.4. The Bertz CT molecular complexity index is 950. The summed E-state index contributed by atoms with van der Waals surface area (Å²) in [4.78, 5) is 35.1. The van der Waals surface area contributed by atoms with E-state index in [1.54, 1.807) is 12.1 Å². The van der Waals surface area contributed by atoms with Gasteiger partial charge in [0.05, 0.1) is 24.6 Å². The topological polar surface area (TPSA) is 134 Å². The van der Waals surface area contributed by atoms with Crippen molar-refractivity contribution in [3.05, 3.63) is 46.0 Å². The second-order valence-electron chi connectivity index (χ2n) is 6.06. The van der Waals surface area contributed by atoms with Crippen molar-refractivity contribution in [3.63, 3.8) is 0 Å². The zero-order chi connectivity index (χ0) is 19.2. The van der Waals surface area contributed by atoms with Gasteiger partial charge < -0.3 is 26.1 Å². The maximum absolute atomic E-state index is 12.4. The van der Waals surface area contributed by atoms with Gasteiger partial charge in [-0.25, -0.2) is 4.98 Å². The number of esters is 1. The average Bonchev–Trinajstić information content (AvgIpc) is 3.18. The van der Waals surface area contributed by atoms with Gasteiger partial charge in [0.25, 0.3) is 5.56 Å². The van der Waals surface area contributed by atoms with E-state index < -0.39 is 12.0 Å². The van der Waals surface area contributed by atoms with Crippen molar-refractivity contribution in [3.8, 4) is 0 Å². The van der Waals surface area contributed by atoms with E-state index in [2.05, 4.69) is 30.3 Å². The molecule has 0 amide bonds. The third kappa shape index (κ3) is 4.70. The molecule has 27 heavy (non-hydrogen) atoms. The fourth-order valence-corrected chi connectivity index (χ4v) is 2.72. The number of H-pyrrole nitrogens is 1. The van der Waals surface area contributed by atoms with Crippen molar-refractivity contribution >= 4 is 28.9 Å². The Hall–Kier alpha value is -3.20.